The summed E-state index contributed by atoms with van der Waals surface area (Å²) in [7, 11) is 0. The third-order valence-electron chi connectivity index (χ3n) is 2.71. The Morgan fingerprint density at radius 2 is 2.21 bits per heavy atom. The molecule has 14 heavy (non-hydrogen) atoms. The number of aromatic nitrogens is 2. The van der Waals surface area contributed by atoms with E-state index in [0.29, 0.717) is 12.6 Å². The zero-order chi connectivity index (χ0) is 9.86. The van der Waals surface area contributed by atoms with E-state index in [1.54, 1.807) is 0 Å². The van der Waals surface area contributed by atoms with E-state index in [1.165, 1.54) is 12.8 Å². The van der Waals surface area contributed by atoms with Crippen LogP contribution in [0.15, 0.2) is 10.8 Å². The van der Waals surface area contributed by atoms with E-state index in [4.69, 9.17) is 4.42 Å². The molecule has 0 unspecified atom stereocenters. The first-order valence-electron chi connectivity index (χ1n) is 5.01. The van der Waals surface area contributed by atoms with Gasteiger partial charge < -0.3 is 14.8 Å². The molecule has 78 valence electrons. The summed E-state index contributed by atoms with van der Waals surface area (Å²) in [5.74, 6) is 0. The highest BCUT2D eigenvalue weighted by molar-refractivity contribution is 5.17. The minimum absolute atomic E-state index is 0.379. The van der Waals surface area contributed by atoms with Crippen molar-refractivity contribution in [2.45, 2.75) is 37.7 Å². The van der Waals surface area contributed by atoms with Crippen molar-refractivity contribution in [2.24, 2.45) is 0 Å². The molecule has 1 fully saturated rings. The second-order valence-electron chi connectivity index (χ2n) is 3.88. The van der Waals surface area contributed by atoms with Gasteiger partial charge in [0, 0.05) is 6.54 Å². The maximum absolute atomic E-state index is 10.1. The fourth-order valence-electron chi connectivity index (χ4n) is 1.88. The van der Waals surface area contributed by atoms with E-state index in [0.717, 1.165) is 25.7 Å². The van der Waals surface area contributed by atoms with Crippen molar-refractivity contribution in [1.29, 1.82) is 0 Å². The molecule has 1 saturated carbocycles. The van der Waals surface area contributed by atoms with Crippen LogP contribution in [0.2, 0.25) is 0 Å². The van der Waals surface area contributed by atoms with Crippen molar-refractivity contribution in [2.75, 3.05) is 11.9 Å². The molecule has 0 radical (unpaired) electrons. The van der Waals surface area contributed by atoms with Gasteiger partial charge in [-0.1, -0.05) is 24.4 Å². The average Bonchev–Trinajstić information content (AvgIpc) is 2.69. The largest absolute Gasteiger partial charge is 0.411 e. The van der Waals surface area contributed by atoms with Gasteiger partial charge in [0.15, 0.2) is 0 Å². The molecule has 0 spiro atoms. The topological polar surface area (TPSA) is 71.2 Å². The molecular weight excluding hydrogens is 182 g/mol. The summed E-state index contributed by atoms with van der Waals surface area (Å²) < 4.78 is 4.93. The average molecular weight is 197 g/mol. The number of hydrogen-bond acceptors (Lipinski definition) is 5. The quantitative estimate of drug-likeness (QED) is 0.761. The highest BCUT2D eigenvalue weighted by Crippen LogP contribution is 2.27. The van der Waals surface area contributed by atoms with Crippen molar-refractivity contribution in [1.82, 2.24) is 10.2 Å². The SMILES string of the molecule is OC1(CNc2nnco2)CCCCC1. The lowest BCUT2D eigenvalue weighted by atomic mass is 9.85. The third-order valence-corrected chi connectivity index (χ3v) is 2.71. The number of rotatable bonds is 3. The van der Waals surface area contributed by atoms with Gasteiger partial charge in [0.1, 0.15) is 0 Å². The van der Waals surface area contributed by atoms with E-state index in [1.807, 2.05) is 0 Å². The fraction of sp³-hybridized carbons (Fsp3) is 0.778. The summed E-state index contributed by atoms with van der Waals surface area (Å²) in [6.45, 7) is 0.495. The number of nitrogens with zero attached hydrogens (tertiary/aromatic N) is 2. The molecule has 1 aromatic rings. The molecule has 1 aromatic heterocycles. The summed E-state index contributed by atoms with van der Waals surface area (Å²) >= 11 is 0. The highest BCUT2D eigenvalue weighted by Gasteiger charge is 2.29. The van der Waals surface area contributed by atoms with E-state index in [-0.39, 0.29) is 0 Å². The van der Waals surface area contributed by atoms with Crippen LogP contribution in [-0.2, 0) is 0 Å². The Bertz CT molecular complexity index is 268. The Morgan fingerprint density at radius 3 is 2.86 bits per heavy atom. The fourth-order valence-corrected chi connectivity index (χ4v) is 1.88. The van der Waals surface area contributed by atoms with Gasteiger partial charge in [-0.3, -0.25) is 0 Å². The third kappa shape index (κ3) is 2.23. The summed E-state index contributed by atoms with van der Waals surface area (Å²) in [4.78, 5) is 0. The number of nitrogens with one attached hydrogen (secondary N) is 1. The Hall–Kier alpha value is -1.10. The van der Waals surface area contributed by atoms with Gasteiger partial charge in [-0.15, -0.1) is 5.10 Å². The van der Waals surface area contributed by atoms with Gasteiger partial charge in [-0.25, -0.2) is 0 Å². The minimum Gasteiger partial charge on any atom is -0.411 e. The van der Waals surface area contributed by atoms with Crippen LogP contribution in [0.4, 0.5) is 6.01 Å². The first-order chi connectivity index (χ1) is 6.79. The Balaban J connectivity index is 1.84. The summed E-state index contributed by atoms with van der Waals surface area (Å²) in [6, 6.07) is 0.379. The van der Waals surface area contributed by atoms with Crippen molar-refractivity contribution >= 4 is 6.01 Å². The molecule has 1 aliphatic rings. The predicted octanol–water partition coefficient (Wildman–Crippen LogP) is 1.18. The standard InChI is InChI=1S/C9H15N3O2/c13-9(4-2-1-3-5-9)6-10-8-12-11-7-14-8/h7,13H,1-6H2,(H,10,12). The molecule has 5 heteroatoms. The van der Waals surface area contributed by atoms with Crippen LogP contribution in [0.25, 0.3) is 0 Å². The Kier molecular flexibility index (Phi) is 2.67. The molecule has 0 aliphatic heterocycles. The van der Waals surface area contributed by atoms with Gasteiger partial charge in [-0.2, -0.15) is 0 Å². The van der Waals surface area contributed by atoms with E-state index in [9.17, 15) is 5.11 Å². The van der Waals surface area contributed by atoms with Crippen molar-refractivity contribution in [3.63, 3.8) is 0 Å². The number of anilines is 1. The molecule has 0 saturated heterocycles. The Morgan fingerprint density at radius 1 is 1.43 bits per heavy atom. The van der Waals surface area contributed by atoms with Crippen LogP contribution >= 0.6 is 0 Å². The first kappa shape index (κ1) is 9.45. The molecule has 0 atom stereocenters. The zero-order valence-corrected chi connectivity index (χ0v) is 8.07. The van der Waals surface area contributed by atoms with E-state index < -0.39 is 5.60 Å². The summed E-state index contributed by atoms with van der Waals surface area (Å²) in [6.07, 6.45) is 6.41. The molecule has 1 heterocycles. The van der Waals surface area contributed by atoms with Gasteiger partial charge in [0.25, 0.3) is 0 Å². The molecule has 5 nitrogen and oxygen atoms in total. The normalized spacial score (nSPS) is 20.6. The smallest absolute Gasteiger partial charge is 0.315 e. The second kappa shape index (κ2) is 3.96. The van der Waals surface area contributed by atoms with Crippen molar-refractivity contribution in [3.8, 4) is 0 Å². The maximum atomic E-state index is 10.1. The molecule has 2 N–H and O–H groups in total. The maximum Gasteiger partial charge on any atom is 0.315 e. The van der Waals surface area contributed by atoms with Crippen molar-refractivity contribution < 1.29 is 9.52 Å². The van der Waals surface area contributed by atoms with Gasteiger partial charge in [0.05, 0.1) is 5.60 Å². The predicted molar refractivity (Wildman–Crippen MR) is 50.8 cm³/mol. The molecular formula is C9H15N3O2. The van der Waals surface area contributed by atoms with Crippen LogP contribution < -0.4 is 5.32 Å². The monoisotopic (exact) mass is 197 g/mol. The lowest BCUT2D eigenvalue weighted by molar-refractivity contribution is 0.0163. The van der Waals surface area contributed by atoms with Crippen LogP contribution in [0.1, 0.15) is 32.1 Å². The lowest BCUT2D eigenvalue weighted by Gasteiger charge is -2.31. The van der Waals surface area contributed by atoms with Crippen LogP contribution in [0, 0.1) is 0 Å². The highest BCUT2D eigenvalue weighted by atomic mass is 16.4. The number of aliphatic hydroxyl groups is 1. The second-order valence-corrected chi connectivity index (χ2v) is 3.88. The van der Waals surface area contributed by atoms with E-state index in [2.05, 4.69) is 15.5 Å². The zero-order valence-electron chi connectivity index (χ0n) is 8.07. The van der Waals surface area contributed by atoms with Gasteiger partial charge in [-0.05, 0) is 12.8 Å². The summed E-state index contributed by atoms with van der Waals surface area (Å²) in [5, 5.41) is 20.3. The molecule has 0 amide bonds. The van der Waals surface area contributed by atoms with Gasteiger partial charge >= 0.3 is 6.01 Å². The van der Waals surface area contributed by atoms with Gasteiger partial charge in [0.2, 0.25) is 6.39 Å². The number of hydrogen-bond donors (Lipinski definition) is 2. The van der Waals surface area contributed by atoms with Crippen LogP contribution in [0.5, 0.6) is 0 Å². The Labute approximate surface area is 82.5 Å². The summed E-state index contributed by atoms with van der Waals surface area (Å²) in [5.41, 5.74) is -0.591. The minimum atomic E-state index is -0.591. The molecule has 0 bridgehead atoms. The molecule has 0 aromatic carbocycles. The van der Waals surface area contributed by atoms with Crippen LogP contribution in [-0.4, -0.2) is 27.4 Å². The van der Waals surface area contributed by atoms with Crippen molar-refractivity contribution in [3.05, 3.63) is 6.39 Å². The first-order valence-corrected chi connectivity index (χ1v) is 5.01. The molecule has 1 aliphatic carbocycles. The molecule has 2 rings (SSSR count). The lowest BCUT2D eigenvalue weighted by Crippen LogP contribution is -2.38. The van der Waals surface area contributed by atoms with E-state index >= 15 is 0 Å². The van der Waals surface area contributed by atoms with Crippen LogP contribution in [0.3, 0.4) is 0 Å².